The van der Waals surface area contributed by atoms with E-state index < -0.39 is 11.8 Å². The van der Waals surface area contributed by atoms with Gasteiger partial charge in [0.2, 0.25) is 0 Å². The van der Waals surface area contributed by atoms with Crippen molar-refractivity contribution in [3.63, 3.8) is 0 Å². The third-order valence-electron chi connectivity index (χ3n) is 6.51. The van der Waals surface area contributed by atoms with Gasteiger partial charge in [0.05, 0.1) is 12.6 Å². The molecule has 0 bridgehead atoms. The third kappa shape index (κ3) is 5.66. The number of fused-ring (bicyclic) bond motifs is 1. The molecule has 4 rings (SSSR count). The number of hydrogen-bond donors (Lipinski definition) is 2. The second-order valence-corrected chi connectivity index (χ2v) is 8.79. The number of nitrogens with zero attached hydrogens (tertiary/aromatic N) is 2. The molecule has 7 nitrogen and oxygen atoms in total. The Balaban J connectivity index is 1.41. The van der Waals surface area contributed by atoms with E-state index in [9.17, 15) is 9.59 Å². The van der Waals surface area contributed by atoms with Crippen molar-refractivity contribution in [1.29, 1.82) is 0 Å². The fraction of sp³-hybridized carbons (Fsp3) is 0.462. The molecule has 2 aliphatic rings. The summed E-state index contributed by atoms with van der Waals surface area (Å²) in [5.74, 6) is -0.554. The summed E-state index contributed by atoms with van der Waals surface area (Å²) in [4.78, 5) is 29.7. The average Bonchev–Trinajstić information content (AvgIpc) is 3.35. The highest BCUT2D eigenvalue weighted by Crippen LogP contribution is 2.31. The maximum atomic E-state index is 12.6. The van der Waals surface area contributed by atoms with Crippen LogP contribution < -0.4 is 20.3 Å². The minimum absolute atomic E-state index is 0.0623. The van der Waals surface area contributed by atoms with E-state index in [1.165, 1.54) is 16.8 Å². The third-order valence-corrected chi connectivity index (χ3v) is 6.51. The van der Waals surface area contributed by atoms with Crippen LogP contribution in [0.25, 0.3) is 0 Å². The molecule has 0 saturated carbocycles. The van der Waals surface area contributed by atoms with Gasteiger partial charge >= 0.3 is 11.8 Å². The van der Waals surface area contributed by atoms with Gasteiger partial charge in [0, 0.05) is 31.5 Å². The van der Waals surface area contributed by atoms with Crippen molar-refractivity contribution in [3.8, 4) is 5.75 Å². The van der Waals surface area contributed by atoms with Crippen LogP contribution in [0.3, 0.4) is 0 Å². The number of ether oxygens (including phenoxy) is 1. The molecule has 2 N–H and O–H groups in total. The first-order valence-electron chi connectivity index (χ1n) is 11.9. The molecule has 2 aliphatic heterocycles. The van der Waals surface area contributed by atoms with Gasteiger partial charge in [-0.2, -0.15) is 0 Å². The number of rotatable bonds is 7. The number of likely N-dealkylation sites (tertiary alicyclic amines) is 1. The van der Waals surface area contributed by atoms with Crippen molar-refractivity contribution < 1.29 is 14.3 Å². The van der Waals surface area contributed by atoms with Crippen LogP contribution in [0.1, 0.15) is 43.4 Å². The molecule has 33 heavy (non-hydrogen) atoms. The van der Waals surface area contributed by atoms with Crippen LogP contribution in [0.2, 0.25) is 0 Å². The van der Waals surface area contributed by atoms with Crippen molar-refractivity contribution in [2.24, 2.45) is 0 Å². The Bertz CT molecular complexity index is 970. The van der Waals surface area contributed by atoms with Gasteiger partial charge in [0.1, 0.15) is 5.75 Å². The summed E-state index contributed by atoms with van der Waals surface area (Å²) in [6.07, 6.45) is 4.56. The van der Waals surface area contributed by atoms with Gasteiger partial charge < -0.3 is 20.3 Å². The van der Waals surface area contributed by atoms with Crippen LogP contribution in [-0.4, -0.2) is 56.5 Å². The van der Waals surface area contributed by atoms with Gasteiger partial charge in [-0.15, -0.1) is 0 Å². The standard InChI is InChI=1S/C26H34N4O3/c1-3-33-22-11-9-21(10-12-22)28-26(32)25(31)27-18-24(30-15-4-5-16-30)20-8-13-23-19(17-20)7-6-14-29(23)2/h8-13,17,24H,3-7,14-16,18H2,1-2H3,(H,27,31)(H,28,32). The summed E-state index contributed by atoms with van der Waals surface area (Å²) in [6.45, 7) is 6.00. The molecule has 1 atom stereocenters. The monoisotopic (exact) mass is 450 g/mol. The lowest BCUT2D eigenvalue weighted by Crippen LogP contribution is -2.41. The zero-order chi connectivity index (χ0) is 23.2. The highest BCUT2D eigenvalue weighted by molar-refractivity contribution is 6.39. The molecule has 2 aromatic carbocycles. The van der Waals surface area contributed by atoms with Crippen LogP contribution in [0.15, 0.2) is 42.5 Å². The van der Waals surface area contributed by atoms with Crippen molar-refractivity contribution in [2.75, 3.05) is 50.1 Å². The zero-order valence-electron chi connectivity index (χ0n) is 19.6. The van der Waals surface area contributed by atoms with Crippen LogP contribution in [-0.2, 0) is 16.0 Å². The predicted octanol–water partition coefficient (Wildman–Crippen LogP) is 3.36. The maximum Gasteiger partial charge on any atom is 0.313 e. The number of amides is 2. The normalized spacial score (nSPS) is 16.7. The van der Waals surface area contributed by atoms with Gasteiger partial charge in [-0.25, -0.2) is 0 Å². The van der Waals surface area contributed by atoms with Crippen molar-refractivity contribution in [2.45, 2.75) is 38.6 Å². The van der Waals surface area contributed by atoms with E-state index in [4.69, 9.17) is 4.74 Å². The fourth-order valence-corrected chi connectivity index (χ4v) is 4.78. The molecular weight excluding hydrogens is 416 g/mol. The van der Waals surface area contributed by atoms with E-state index in [-0.39, 0.29) is 6.04 Å². The van der Waals surface area contributed by atoms with Crippen molar-refractivity contribution >= 4 is 23.2 Å². The van der Waals surface area contributed by atoms with Crippen LogP contribution >= 0.6 is 0 Å². The van der Waals surface area contributed by atoms with Crippen molar-refractivity contribution in [3.05, 3.63) is 53.6 Å². The number of nitrogens with one attached hydrogen (secondary N) is 2. The van der Waals surface area contributed by atoms with Crippen molar-refractivity contribution in [1.82, 2.24) is 10.2 Å². The topological polar surface area (TPSA) is 73.9 Å². The number of anilines is 2. The second kappa shape index (κ2) is 10.7. The first-order chi connectivity index (χ1) is 16.0. The summed E-state index contributed by atoms with van der Waals surface area (Å²) in [6, 6.07) is 13.7. The van der Waals surface area contributed by atoms with E-state index in [0.29, 0.717) is 18.8 Å². The fourth-order valence-electron chi connectivity index (χ4n) is 4.78. The molecule has 0 aromatic heterocycles. The number of hydrogen-bond acceptors (Lipinski definition) is 5. The van der Waals surface area contributed by atoms with E-state index in [2.05, 4.69) is 45.7 Å². The lowest BCUT2D eigenvalue weighted by Gasteiger charge is -2.31. The van der Waals surface area contributed by atoms with Gasteiger partial charge in [0.15, 0.2) is 0 Å². The molecule has 0 aliphatic carbocycles. The molecule has 0 radical (unpaired) electrons. The molecule has 2 amide bonds. The quantitative estimate of drug-likeness (QED) is 0.633. The largest absolute Gasteiger partial charge is 0.494 e. The summed E-state index contributed by atoms with van der Waals surface area (Å²) in [5.41, 5.74) is 4.43. The number of carbonyl (C=O) groups excluding carboxylic acids is 2. The SMILES string of the molecule is CCOc1ccc(NC(=O)C(=O)NCC(c2ccc3c(c2)CCCN3C)N2CCCC2)cc1. The molecule has 1 fully saturated rings. The highest BCUT2D eigenvalue weighted by atomic mass is 16.5. The minimum Gasteiger partial charge on any atom is -0.494 e. The minimum atomic E-state index is -0.661. The summed E-state index contributed by atoms with van der Waals surface area (Å²) in [5, 5.41) is 5.54. The molecule has 2 heterocycles. The Kier molecular flexibility index (Phi) is 7.50. The van der Waals surface area contributed by atoms with Crippen LogP contribution in [0.5, 0.6) is 5.75 Å². The molecular formula is C26H34N4O3. The lowest BCUT2D eigenvalue weighted by atomic mass is 9.96. The molecule has 7 heteroatoms. The number of carbonyl (C=O) groups is 2. The molecule has 2 aromatic rings. The Morgan fingerprint density at radius 1 is 1.00 bits per heavy atom. The first-order valence-corrected chi connectivity index (χ1v) is 11.9. The molecule has 0 spiro atoms. The van der Waals surface area contributed by atoms with Crippen LogP contribution in [0, 0.1) is 0 Å². The Hall–Kier alpha value is -3.06. The summed E-state index contributed by atoms with van der Waals surface area (Å²) in [7, 11) is 2.14. The number of aryl methyl sites for hydroxylation is 1. The van der Waals surface area contributed by atoms with Gasteiger partial charge in [-0.05, 0) is 87.2 Å². The van der Waals surface area contributed by atoms with E-state index in [1.54, 1.807) is 24.3 Å². The van der Waals surface area contributed by atoms with Crippen LogP contribution in [0.4, 0.5) is 11.4 Å². The van der Waals surface area contributed by atoms with Gasteiger partial charge in [-0.3, -0.25) is 14.5 Å². The zero-order valence-corrected chi connectivity index (χ0v) is 19.6. The lowest BCUT2D eigenvalue weighted by molar-refractivity contribution is -0.136. The predicted molar refractivity (Wildman–Crippen MR) is 131 cm³/mol. The second-order valence-electron chi connectivity index (χ2n) is 8.79. The van der Waals surface area contributed by atoms with E-state index in [0.717, 1.165) is 51.1 Å². The summed E-state index contributed by atoms with van der Waals surface area (Å²) >= 11 is 0. The summed E-state index contributed by atoms with van der Waals surface area (Å²) < 4.78 is 5.41. The molecule has 1 saturated heterocycles. The van der Waals surface area contributed by atoms with E-state index in [1.807, 2.05) is 6.92 Å². The Labute approximate surface area is 196 Å². The van der Waals surface area contributed by atoms with Gasteiger partial charge in [0.25, 0.3) is 0 Å². The molecule has 176 valence electrons. The maximum absolute atomic E-state index is 12.6. The number of benzene rings is 2. The van der Waals surface area contributed by atoms with E-state index >= 15 is 0 Å². The Morgan fingerprint density at radius 3 is 2.48 bits per heavy atom. The average molecular weight is 451 g/mol. The highest BCUT2D eigenvalue weighted by Gasteiger charge is 2.26. The van der Waals surface area contributed by atoms with Gasteiger partial charge in [-0.1, -0.05) is 12.1 Å². The first kappa shape index (κ1) is 23.1. The molecule has 1 unspecified atom stereocenters. The Morgan fingerprint density at radius 2 is 1.76 bits per heavy atom. The smallest absolute Gasteiger partial charge is 0.313 e.